The van der Waals surface area contributed by atoms with Gasteiger partial charge in [0.15, 0.2) is 0 Å². The molecule has 13 heavy (non-hydrogen) atoms. The van der Waals surface area contributed by atoms with Gasteiger partial charge in [-0.2, -0.15) is 0 Å². The van der Waals surface area contributed by atoms with Crippen LogP contribution in [-0.4, -0.2) is 16.7 Å². The van der Waals surface area contributed by atoms with Gasteiger partial charge in [-0.3, -0.25) is 4.79 Å². The molecule has 0 aromatic rings. The van der Waals surface area contributed by atoms with E-state index in [2.05, 4.69) is 13.8 Å². The van der Waals surface area contributed by atoms with Gasteiger partial charge in [0.2, 0.25) is 0 Å². The number of rotatable bonds is 6. The molecular weight excluding hydrogens is 168 g/mol. The Labute approximate surface area is 79.3 Å². The van der Waals surface area contributed by atoms with Crippen LogP contribution < -0.4 is 11.5 Å². The van der Waals surface area contributed by atoms with E-state index in [4.69, 9.17) is 16.6 Å². The van der Waals surface area contributed by atoms with E-state index in [1.165, 1.54) is 0 Å². The van der Waals surface area contributed by atoms with Crippen molar-refractivity contribution in [2.24, 2.45) is 17.4 Å². The van der Waals surface area contributed by atoms with Crippen molar-refractivity contribution in [3.63, 3.8) is 0 Å². The molecule has 0 saturated heterocycles. The summed E-state index contributed by atoms with van der Waals surface area (Å²) in [6.45, 7) is 4.18. The fraction of sp³-hybridized carbons (Fsp3) is 0.889. The fourth-order valence-electron chi connectivity index (χ4n) is 1.02. The van der Waals surface area contributed by atoms with E-state index < -0.39 is 11.6 Å². The quantitative estimate of drug-likeness (QED) is 0.540. The maximum Gasteiger partial charge on any atom is 0.303 e. The van der Waals surface area contributed by atoms with Crippen molar-refractivity contribution in [3.8, 4) is 0 Å². The first-order chi connectivity index (χ1) is 5.83. The number of carbonyl (C=O) groups is 1. The molecule has 0 bridgehead atoms. The van der Waals surface area contributed by atoms with E-state index in [0.717, 1.165) is 6.42 Å². The predicted octanol–water partition coefficient (Wildman–Crippen LogP) is 0.901. The van der Waals surface area contributed by atoms with Gasteiger partial charge in [-0.1, -0.05) is 13.8 Å². The third kappa shape index (κ3) is 7.74. The van der Waals surface area contributed by atoms with Gasteiger partial charge < -0.3 is 16.6 Å². The molecule has 0 spiro atoms. The molecule has 0 atom stereocenters. The highest BCUT2D eigenvalue weighted by Gasteiger charge is 2.20. The van der Waals surface area contributed by atoms with Crippen molar-refractivity contribution in [1.82, 2.24) is 0 Å². The first-order valence-corrected chi connectivity index (χ1v) is 4.63. The molecule has 4 heteroatoms. The van der Waals surface area contributed by atoms with Crippen LogP contribution in [-0.2, 0) is 4.79 Å². The number of hydrogen-bond acceptors (Lipinski definition) is 3. The summed E-state index contributed by atoms with van der Waals surface area (Å²) in [6.07, 6.45) is 2.00. The summed E-state index contributed by atoms with van der Waals surface area (Å²) in [5.74, 6) is -0.291. The monoisotopic (exact) mass is 188 g/mol. The van der Waals surface area contributed by atoms with Crippen molar-refractivity contribution < 1.29 is 9.90 Å². The van der Waals surface area contributed by atoms with Gasteiger partial charge in [-0.05, 0) is 25.2 Å². The van der Waals surface area contributed by atoms with Gasteiger partial charge in [-0.25, -0.2) is 0 Å². The SMILES string of the molecule is CC(C)CCC(N)(N)CCC(=O)O. The predicted molar refractivity (Wildman–Crippen MR) is 52.0 cm³/mol. The lowest BCUT2D eigenvalue weighted by Crippen LogP contribution is -2.49. The Balaban J connectivity index is 3.72. The largest absolute Gasteiger partial charge is 0.481 e. The molecule has 78 valence electrons. The first kappa shape index (κ1) is 12.4. The van der Waals surface area contributed by atoms with Crippen molar-refractivity contribution in [3.05, 3.63) is 0 Å². The fourth-order valence-corrected chi connectivity index (χ4v) is 1.02. The molecule has 0 rings (SSSR count). The Kier molecular flexibility index (Phi) is 4.95. The van der Waals surface area contributed by atoms with Gasteiger partial charge in [-0.15, -0.1) is 0 Å². The Morgan fingerprint density at radius 1 is 1.38 bits per heavy atom. The van der Waals surface area contributed by atoms with Crippen LogP contribution in [0.1, 0.15) is 39.5 Å². The molecule has 0 unspecified atom stereocenters. The Bertz CT molecular complexity index is 167. The average molecular weight is 188 g/mol. The van der Waals surface area contributed by atoms with E-state index in [1.54, 1.807) is 0 Å². The second-order valence-corrected chi connectivity index (χ2v) is 4.06. The topological polar surface area (TPSA) is 89.3 Å². The molecule has 0 radical (unpaired) electrons. The average Bonchev–Trinajstić information content (AvgIpc) is 1.98. The van der Waals surface area contributed by atoms with Gasteiger partial charge in [0, 0.05) is 6.42 Å². The zero-order chi connectivity index (χ0) is 10.5. The van der Waals surface area contributed by atoms with Crippen LogP contribution in [0.25, 0.3) is 0 Å². The lowest BCUT2D eigenvalue weighted by molar-refractivity contribution is -0.137. The summed E-state index contributed by atoms with van der Waals surface area (Å²) < 4.78 is 0. The van der Waals surface area contributed by atoms with E-state index >= 15 is 0 Å². The van der Waals surface area contributed by atoms with Crippen LogP contribution in [0.5, 0.6) is 0 Å². The van der Waals surface area contributed by atoms with Crippen LogP contribution in [0, 0.1) is 5.92 Å². The number of aliphatic carboxylic acids is 1. The minimum atomic E-state index is -0.843. The van der Waals surface area contributed by atoms with E-state index in [-0.39, 0.29) is 6.42 Å². The highest BCUT2D eigenvalue weighted by molar-refractivity contribution is 5.66. The molecular formula is C9H20N2O2. The molecule has 0 aromatic carbocycles. The van der Waals surface area contributed by atoms with Crippen LogP contribution in [0.2, 0.25) is 0 Å². The second-order valence-electron chi connectivity index (χ2n) is 4.06. The maximum absolute atomic E-state index is 10.3. The highest BCUT2D eigenvalue weighted by atomic mass is 16.4. The molecule has 0 heterocycles. The number of carboxylic acid groups (broad SMARTS) is 1. The van der Waals surface area contributed by atoms with Crippen molar-refractivity contribution in [2.75, 3.05) is 0 Å². The molecule has 5 N–H and O–H groups in total. The molecule has 0 fully saturated rings. The number of carboxylic acids is 1. The number of nitrogens with two attached hydrogens (primary N) is 2. The smallest absolute Gasteiger partial charge is 0.303 e. The first-order valence-electron chi connectivity index (χ1n) is 4.63. The van der Waals surface area contributed by atoms with Gasteiger partial charge in [0.05, 0.1) is 5.66 Å². The normalized spacial score (nSPS) is 12.1. The highest BCUT2D eigenvalue weighted by Crippen LogP contribution is 2.14. The van der Waals surface area contributed by atoms with Crippen LogP contribution >= 0.6 is 0 Å². The Morgan fingerprint density at radius 3 is 2.31 bits per heavy atom. The standard InChI is InChI=1S/C9H20N2O2/c1-7(2)3-5-9(10,11)6-4-8(12)13/h7H,3-6,10-11H2,1-2H3,(H,12,13). The third-order valence-electron chi connectivity index (χ3n) is 1.99. The molecule has 0 saturated carbocycles. The molecule has 0 aliphatic heterocycles. The summed E-state index contributed by atoms with van der Waals surface area (Å²) >= 11 is 0. The zero-order valence-corrected chi connectivity index (χ0v) is 8.42. The van der Waals surface area contributed by atoms with E-state index in [1.807, 2.05) is 0 Å². The van der Waals surface area contributed by atoms with Crippen LogP contribution in [0.3, 0.4) is 0 Å². The zero-order valence-electron chi connectivity index (χ0n) is 8.42. The van der Waals surface area contributed by atoms with E-state index in [0.29, 0.717) is 18.8 Å². The minimum absolute atomic E-state index is 0.0467. The summed E-state index contributed by atoms with van der Waals surface area (Å²) in [5.41, 5.74) is 10.6. The van der Waals surface area contributed by atoms with Crippen molar-refractivity contribution >= 4 is 5.97 Å². The summed E-state index contributed by atoms with van der Waals surface area (Å²) in [7, 11) is 0. The van der Waals surface area contributed by atoms with Gasteiger partial charge in [0.1, 0.15) is 0 Å². The van der Waals surface area contributed by atoms with Gasteiger partial charge >= 0.3 is 5.97 Å². The maximum atomic E-state index is 10.3. The molecule has 0 aliphatic carbocycles. The Morgan fingerprint density at radius 2 is 1.92 bits per heavy atom. The lowest BCUT2D eigenvalue weighted by atomic mass is 9.95. The second kappa shape index (κ2) is 5.19. The van der Waals surface area contributed by atoms with Crippen molar-refractivity contribution in [1.29, 1.82) is 0 Å². The molecule has 0 aromatic heterocycles. The Hall–Kier alpha value is -0.610. The summed E-state index contributed by atoms with van der Waals surface area (Å²) in [6, 6.07) is 0. The molecule has 0 amide bonds. The van der Waals surface area contributed by atoms with E-state index in [9.17, 15) is 4.79 Å². The molecule has 4 nitrogen and oxygen atoms in total. The minimum Gasteiger partial charge on any atom is -0.481 e. The third-order valence-corrected chi connectivity index (χ3v) is 1.99. The van der Waals surface area contributed by atoms with Crippen LogP contribution in [0.4, 0.5) is 0 Å². The lowest BCUT2D eigenvalue weighted by Gasteiger charge is -2.24. The number of hydrogen-bond donors (Lipinski definition) is 3. The molecule has 0 aliphatic rings. The summed E-state index contributed by atoms with van der Waals surface area (Å²) in [4.78, 5) is 10.3. The van der Waals surface area contributed by atoms with Gasteiger partial charge in [0.25, 0.3) is 0 Å². The van der Waals surface area contributed by atoms with Crippen LogP contribution in [0.15, 0.2) is 0 Å². The summed E-state index contributed by atoms with van der Waals surface area (Å²) in [5, 5.41) is 8.44. The van der Waals surface area contributed by atoms with Crippen molar-refractivity contribution in [2.45, 2.75) is 45.2 Å².